The van der Waals surface area contributed by atoms with Crippen LogP contribution in [0.3, 0.4) is 0 Å². The summed E-state index contributed by atoms with van der Waals surface area (Å²) in [6.07, 6.45) is -7.65. The van der Waals surface area contributed by atoms with Crippen molar-refractivity contribution in [2.45, 2.75) is 45.0 Å². The third kappa shape index (κ3) is 4.49. The lowest BCUT2D eigenvalue weighted by molar-refractivity contribution is -0.143. The van der Waals surface area contributed by atoms with Crippen LogP contribution < -0.4 is 4.90 Å². The minimum Gasteiger partial charge on any atom is -0.508 e. The number of Topliss-reactive ketones (excluding diaryl/α,β-unsaturated/α-hetero) is 1. The van der Waals surface area contributed by atoms with Gasteiger partial charge in [-0.3, -0.25) is 19.2 Å². The Labute approximate surface area is 246 Å². The van der Waals surface area contributed by atoms with E-state index in [0.29, 0.717) is 33.7 Å². The number of phenolic OH excluding ortho intramolecular Hbond substituents is 1. The molecule has 228 valence electrons. The fourth-order valence-corrected chi connectivity index (χ4v) is 6.94. The summed E-state index contributed by atoms with van der Waals surface area (Å²) in [5.41, 5.74) is -2.09. The van der Waals surface area contributed by atoms with Crippen LogP contribution in [0.15, 0.2) is 70.8 Å². The quantitative estimate of drug-likeness (QED) is 0.184. The molecule has 0 aromatic heterocycles. The lowest BCUT2D eigenvalue weighted by Crippen LogP contribution is -2.39. The summed E-state index contributed by atoms with van der Waals surface area (Å²) in [5.74, 6) is -6.74. The number of allylic oxidation sites excluding steroid dienone is 6. The molecule has 1 heterocycles. The molecular formula is C32H23F6NO5. The highest BCUT2D eigenvalue weighted by Gasteiger charge is 2.57. The topological polar surface area (TPSA) is 91.8 Å². The van der Waals surface area contributed by atoms with E-state index in [2.05, 4.69) is 0 Å². The molecule has 1 N–H and O–H groups in total. The summed E-state index contributed by atoms with van der Waals surface area (Å²) >= 11 is 0. The number of phenols is 1. The van der Waals surface area contributed by atoms with E-state index in [9.17, 15) is 50.6 Å². The summed E-state index contributed by atoms with van der Waals surface area (Å²) in [6.45, 7) is 3.11. The number of hydrogen-bond acceptors (Lipinski definition) is 5. The minimum atomic E-state index is -5.19. The number of carbonyl (C=O) groups excluding carboxylic acids is 4. The lowest BCUT2D eigenvalue weighted by Gasteiger charge is -2.42. The molecule has 0 radical (unpaired) electrons. The highest BCUT2D eigenvalue weighted by Crippen LogP contribution is 2.56. The van der Waals surface area contributed by atoms with Crippen molar-refractivity contribution in [2.24, 2.45) is 17.8 Å². The van der Waals surface area contributed by atoms with Crippen LogP contribution in [0, 0.1) is 24.7 Å². The number of alkyl halides is 6. The van der Waals surface area contributed by atoms with Crippen LogP contribution >= 0.6 is 0 Å². The van der Waals surface area contributed by atoms with Gasteiger partial charge in [-0.05, 0) is 74.1 Å². The van der Waals surface area contributed by atoms with E-state index in [1.54, 1.807) is 25.1 Å². The molecule has 44 heavy (non-hydrogen) atoms. The van der Waals surface area contributed by atoms with Gasteiger partial charge in [0.15, 0.2) is 11.6 Å². The maximum atomic E-state index is 13.9. The van der Waals surface area contributed by atoms with E-state index in [4.69, 9.17) is 0 Å². The second kappa shape index (κ2) is 9.76. The van der Waals surface area contributed by atoms with Gasteiger partial charge in [0.05, 0.1) is 28.7 Å². The molecule has 6 rings (SSSR count). The van der Waals surface area contributed by atoms with Crippen LogP contribution in [0.5, 0.6) is 5.75 Å². The Morgan fingerprint density at radius 1 is 0.841 bits per heavy atom. The van der Waals surface area contributed by atoms with Gasteiger partial charge in [-0.2, -0.15) is 26.3 Å². The standard InChI is InChI=1S/C32H23F6NO5/c1-13-7-15(3-6-23(13)40)25-19-4-5-20-26(21(19)12-22-27(25)24(41)8-14(2)28(22)42)30(44)39(29(20)43)18-10-16(31(33,34)35)9-17(11-18)32(36,37)38/h3-4,6-11,20-21,25-26,40H,5,12H2,1-2H3/t20-,21+,25-,26-/m0/s1. The van der Waals surface area contributed by atoms with E-state index < -0.39 is 76.2 Å². The molecule has 4 aliphatic rings. The van der Waals surface area contributed by atoms with Crippen LogP contribution in [-0.4, -0.2) is 28.5 Å². The molecule has 3 aliphatic carbocycles. The first-order valence-corrected chi connectivity index (χ1v) is 13.7. The number of fused-ring (bicyclic) bond motifs is 3. The smallest absolute Gasteiger partial charge is 0.416 e. The molecule has 0 unspecified atom stereocenters. The summed E-state index contributed by atoms with van der Waals surface area (Å²) in [5, 5.41) is 10.1. The zero-order chi connectivity index (χ0) is 32.0. The number of amides is 2. The third-order valence-electron chi connectivity index (χ3n) is 8.95. The molecule has 2 amide bonds. The van der Waals surface area contributed by atoms with Crippen molar-refractivity contribution in [3.8, 4) is 5.75 Å². The van der Waals surface area contributed by atoms with E-state index in [1.807, 2.05) is 0 Å². The van der Waals surface area contributed by atoms with Gasteiger partial charge in [-0.1, -0.05) is 23.8 Å². The van der Waals surface area contributed by atoms with Gasteiger partial charge in [-0.25, -0.2) is 4.90 Å². The van der Waals surface area contributed by atoms with E-state index in [0.717, 1.165) is 0 Å². The number of rotatable bonds is 2. The first-order chi connectivity index (χ1) is 20.5. The largest absolute Gasteiger partial charge is 0.508 e. The molecule has 4 atom stereocenters. The predicted molar refractivity (Wildman–Crippen MR) is 143 cm³/mol. The Balaban J connectivity index is 1.48. The van der Waals surface area contributed by atoms with Crippen LogP contribution in [0.1, 0.15) is 47.9 Å². The first kappa shape index (κ1) is 29.6. The number of halogens is 6. The maximum absolute atomic E-state index is 13.9. The van der Waals surface area contributed by atoms with Crippen LogP contribution in [0.2, 0.25) is 0 Å². The Morgan fingerprint density at radius 3 is 2.07 bits per heavy atom. The zero-order valence-corrected chi connectivity index (χ0v) is 23.1. The zero-order valence-electron chi connectivity index (χ0n) is 23.1. The van der Waals surface area contributed by atoms with Gasteiger partial charge in [-0.15, -0.1) is 0 Å². The predicted octanol–water partition coefficient (Wildman–Crippen LogP) is 6.37. The van der Waals surface area contributed by atoms with Crippen molar-refractivity contribution in [2.75, 3.05) is 4.90 Å². The Kier molecular flexibility index (Phi) is 6.57. The maximum Gasteiger partial charge on any atom is 0.416 e. The number of carbonyl (C=O) groups is 4. The highest BCUT2D eigenvalue weighted by atomic mass is 19.4. The molecule has 2 aromatic carbocycles. The van der Waals surface area contributed by atoms with Gasteiger partial charge in [0.2, 0.25) is 11.8 Å². The number of hydrogen-bond donors (Lipinski definition) is 1. The van der Waals surface area contributed by atoms with Crippen molar-refractivity contribution in [1.82, 2.24) is 0 Å². The molecule has 1 aliphatic heterocycles. The number of aryl methyl sites for hydroxylation is 1. The summed E-state index contributed by atoms with van der Waals surface area (Å²) in [6, 6.07) is 5.25. The Hall–Kier alpha value is -4.48. The highest BCUT2D eigenvalue weighted by molar-refractivity contribution is 6.25. The van der Waals surface area contributed by atoms with Gasteiger partial charge in [0.25, 0.3) is 0 Å². The molecular weight excluding hydrogens is 592 g/mol. The third-order valence-corrected chi connectivity index (χ3v) is 8.95. The van der Waals surface area contributed by atoms with Gasteiger partial charge >= 0.3 is 12.4 Å². The molecule has 2 aromatic rings. The Bertz CT molecular complexity index is 1750. The number of imide groups is 1. The number of anilines is 1. The molecule has 0 saturated carbocycles. The fraction of sp³-hybridized carbons (Fsp3) is 0.312. The molecule has 0 bridgehead atoms. The number of ketones is 2. The first-order valence-electron chi connectivity index (χ1n) is 13.7. The van der Waals surface area contributed by atoms with Gasteiger partial charge in [0, 0.05) is 22.6 Å². The second-order valence-electron chi connectivity index (χ2n) is 11.6. The molecule has 1 saturated heterocycles. The summed E-state index contributed by atoms with van der Waals surface area (Å²) < 4.78 is 81.6. The molecule has 1 fully saturated rings. The monoisotopic (exact) mass is 615 g/mol. The van der Waals surface area contributed by atoms with Crippen molar-refractivity contribution < 1.29 is 50.6 Å². The van der Waals surface area contributed by atoms with Crippen LogP contribution in [-0.2, 0) is 31.5 Å². The molecule has 6 nitrogen and oxygen atoms in total. The van der Waals surface area contributed by atoms with E-state index in [-0.39, 0.29) is 41.4 Å². The van der Waals surface area contributed by atoms with Crippen LogP contribution in [0.4, 0.5) is 32.0 Å². The summed E-state index contributed by atoms with van der Waals surface area (Å²) in [7, 11) is 0. The average Bonchev–Trinajstić information content (AvgIpc) is 3.20. The van der Waals surface area contributed by atoms with Crippen LogP contribution in [0.25, 0.3) is 0 Å². The minimum absolute atomic E-state index is 0.0127. The average molecular weight is 616 g/mol. The molecule has 0 spiro atoms. The second-order valence-corrected chi connectivity index (χ2v) is 11.6. The number of benzene rings is 2. The normalized spacial score (nSPS) is 25.5. The number of aromatic hydroxyl groups is 1. The van der Waals surface area contributed by atoms with Crippen molar-refractivity contribution >= 4 is 29.1 Å². The van der Waals surface area contributed by atoms with Crippen molar-refractivity contribution in [3.63, 3.8) is 0 Å². The fourth-order valence-electron chi connectivity index (χ4n) is 6.94. The van der Waals surface area contributed by atoms with Gasteiger partial charge in [0.1, 0.15) is 5.75 Å². The van der Waals surface area contributed by atoms with Gasteiger partial charge < -0.3 is 5.11 Å². The molecule has 12 heteroatoms. The lowest BCUT2D eigenvalue weighted by atomic mass is 9.59. The van der Waals surface area contributed by atoms with Crippen molar-refractivity contribution in [3.05, 3.63) is 93.1 Å². The SMILES string of the molecule is CC1=CC(=O)C2=C(C[C@@H]3C(=CC[C@@H]4C(=O)N(c5cc(C(F)(F)F)cc(C(F)(F)F)c5)C(=O)[C@@H]43)[C@@H]2c2ccc(O)c(C)c2)C1=O. The van der Waals surface area contributed by atoms with E-state index >= 15 is 0 Å². The van der Waals surface area contributed by atoms with E-state index in [1.165, 1.54) is 19.1 Å². The Morgan fingerprint density at radius 2 is 1.48 bits per heavy atom. The summed E-state index contributed by atoms with van der Waals surface area (Å²) in [4.78, 5) is 54.6. The van der Waals surface area contributed by atoms with Crippen molar-refractivity contribution in [1.29, 1.82) is 0 Å². The number of nitrogens with zero attached hydrogens (tertiary/aromatic N) is 1.